The van der Waals surface area contributed by atoms with Crippen LogP contribution in [0.1, 0.15) is 13.3 Å². The third kappa shape index (κ3) is 1.85. The summed E-state index contributed by atoms with van der Waals surface area (Å²) in [7, 11) is 0. The molecule has 1 aromatic carbocycles. The lowest BCUT2D eigenvalue weighted by molar-refractivity contribution is -0.140. The van der Waals surface area contributed by atoms with Gasteiger partial charge in [-0.25, -0.2) is 4.79 Å². The number of fused-ring (bicyclic) bond motifs is 1. The van der Waals surface area contributed by atoms with E-state index >= 15 is 0 Å². The average molecular weight is 250 g/mol. The van der Waals surface area contributed by atoms with Gasteiger partial charge in [0.15, 0.2) is 6.61 Å². The Hall–Kier alpha value is -2.24. The molecule has 0 aromatic heterocycles. The maximum Gasteiger partial charge on any atom is 0.326 e. The maximum absolute atomic E-state index is 11.9. The quantitative estimate of drug-likeness (QED) is 0.776. The number of hydrogen-bond acceptors (Lipinski definition) is 4. The first-order valence-corrected chi connectivity index (χ1v) is 5.62. The van der Waals surface area contributed by atoms with Crippen LogP contribution in [0.3, 0.4) is 0 Å². The van der Waals surface area contributed by atoms with Crippen LogP contribution in [0.5, 0.6) is 5.75 Å². The van der Waals surface area contributed by atoms with Gasteiger partial charge >= 0.3 is 5.97 Å². The van der Waals surface area contributed by atoms with Crippen LogP contribution in [0.25, 0.3) is 0 Å². The Morgan fingerprint density at radius 2 is 2.33 bits per heavy atom. The molecule has 0 aliphatic carbocycles. The number of carbonyl (C=O) groups excluding carboxylic acids is 1. The minimum Gasteiger partial charge on any atom is -0.481 e. The lowest BCUT2D eigenvalue weighted by atomic mass is 10.1. The number of ether oxygens (including phenoxy) is 1. The van der Waals surface area contributed by atoms with Gasteiger partial charge in [0.1, 0.15) is 17.5 Å². The van der Waals surface area contributed by atoms with Gasteiger partial charge in [-0.1, -0.05) is 13.0 Å². The lowest BCUT2D eigenvalue weighted by Gasteiger charge is -2.34. The Kier molecular flexibility index (Phi) is 3.10. The zero-order valence-corrected chi connectivity index (χ0v) is 9.92. The van der Waals surface area contributed by atoms with Crippen LogP contribution in [0, 0.1) is 0 Å². The summed E-state index contributed by atoms with van der Waals surface area (Å²) in [5, 5.41) is 9.18. The minimum atomic E-state index is -1.05. The molecule has 0 spiro atoms. The van der Waals surface area contributed by atoms with Gasteiger partial charge < -0.3 is 15.6 Å². The van der Waals surface area contributed by atoms with Crippen LogP contribution >= 0.6 is 0 Å². The van der Waals surface area contributed by atoms with E-state index in [2.05, 4.69) is 0 Å². The molecule has 0 bridgehead atoms. The Morgan fingerprint density at radius 3 is 2.94 bits per heavy atom. The standard InChI is InChI=1S/C12H14N2O4/c1-2-8(12(16)17)14-10(15)6-18-9-5-3-4-7(13)11(9)14/h3-5,8H,2,6,13H2,1H3,(H,16,17). The van der Waals surface area contributed by atoms with Gasteiger partial charge in [-0.05, 0) is 18.6 Å². The van der Waals surface area contributed by atoms with Crippen molar-refractivity contribution in [3.63, 3.8) is 0 Å². The molecule has 6 nitrogen and oxygen atoms in total. The van der Waals surface area contributed by atoms with Crippen molar-refractivity contribution in [3.8, 4) is 5.75 Å². The van der Waals surface area contributed by atoms with E-state index < -0.39 is 17.9 Å². The van der Waals surface area contributed by atoms with Gasteiger partial charge in [0, 0.05) is 0 Å². The molecule has 1 aromatic rings. The molecule has 1 amide bonds. The number of carboxylic acid groups (broad SMARTS) is 1. The third-order valence-corrected chi connectivity index (χ3v) is 2.87. The van der Waals surface area contributed by atoms with E-state index in [-0.39, 0.29) is 6.61 Å². The second-order valence-corrected chi connectivity index (χ2v) is 4.01. The van der Waals surface area contributed by atoms with E-state index in [9.17, 15) is 14.7 Å². The van der Waals surface area contributed by atoms with Crippen LogP contribution in [0.2, 0.25) is 0 Å². The number of nitrogens with two attached hydrogens (primary N) is 1. The van der Waals surface area contributed by atoms with Crippen LogP contribution in [-0.2, 0) is 9.59 Å². The van der Waals surface area contributed by atoms with Crippen molar-refractivity contribution in [1.29, 1.82) is 0 Å². The molecular formula is C12H14N2O4. The smallest absolute Gasteiger partial charge is 0.326 e. The van der Waals surface area contributed by atoms with Crippen molar-refractivity contribution in [1.82, 2.24) is 0 Å². The predicted molar refractivity (Wildman–Crippen MR) is 65.6 cm³/mol. The van der Waals surface area contributed by atoms with E-state index in [4.69, 9.17) is 10.5 Å². The zero-order chi connectivity index (χ0) is 13.3. The molecule has 1 unspecified atom stereocenters. The number of aliphatic carboxylic acids is 1. The second-order valence-electron chi connectivity index (χ2n) is 4.01. The number of benzene rings is 1. The molecule has 1 heterocycles. The number of amides is 1. The fourth-order valence-corrected chi connectivity index (χ4v) is 2.04. The highest BCUT2D eigenvalue weighted by molar-refractivity contribution is 6.05. The van der Waals surface area contributed by atoms with Crippen LogP contribution in [-0.4, -0.2) is 29.6 Å². The SMILES string of the molecule is CCC(C(=O)O)N1C(=O)COc2cccc(N)c21. The van der Waals surface area contributed by atoms with E-state index in [0.29, 0.717) is 23.5 Å². The van der Waals surface area contributed by atoms with Gasteiger partial charge in [-0.3, -0.25) is 9.69 Å². The Bertz CT molecular complexity index is 501. The van der Waals surface area contributed by atoms with Gasteiger partial charge in [0.2, 0.25) is 0 Å². The van der Waals surface area contributed by atoms with Crippen LogP contribution < -0.4 is 15.4 Å². The maximum atomic E-state index is 11.9. The molecule has 0 saturated heterocycles. The average Bonchev–Trinajstić information content (AvgIpc) is 2.33. The fraction of sp³-hybridized carbons (Fsp3) is 0.333. The number of carbonyl (C=O) groups is 2. The predicted octanol–water partition coefficient (Wildman–Crippen LogP) is 0.857. The number of para-hydroxylation sites is 1. The van der Waals surface area contributed by atoms with E-state index in [0.717, 1.165) is 0 Å². The van der Waals surface area contributed by atoms with E-state index in [1.165, 1.54) is 4.90 Å². The van der Waals surface area contributed by atoms with Gasteiger partial charge in [-0.2, -0.15) is 0 Å². The van der Waals surface area contributed by atoms with Crippen LogP contribution in [0.15, 0.2) is 18.2 Å². The highest BCUT2D eigenvalue weighted by Crippen LogP contribution is 2.38. The molecule has 1 atom stereocenters. The minimum absolute atomic E-state index is 0.166. The summed E-state index contributed by atoms with van der Waals surface area (Å²) in [6.07, 6.45) is 0.300. The fourth-order valence-electron chi connectivity index (χ4n) is 2.04. The Labute approximate surface area is 104 Å². The number of carboxylic acids is 1. The normalized spacial score (nSPS) is 15.8. The monoisotopic (exact) mass is 250 g/mol. The van der Waals surface area contributed by atoms with Crippen molar-refractivity contribution in [2.24, 2.45) is 0 Å². The lowest BCUT2D eigenvalue weighted by Crippen LogP contribution is -2.49. The first-order valence-electron chi connectivity index (χ1n) is 5.62. The summed E-state index contributed by atoms with van der Waals surface area (Å²) in [6.45, 7) is 1.54. The summed E-state index contributed by atoms with van der Waals surface area (Å²) in [6, 6.07) is 4.05. The van der Waals surface area contributed by atoms with Gasteiger partial charge in [-0.15, -0.1) is 0 Å². The highest BCUT2D eigenvalue weighted by atomic mass is 16.5. The van der Waals surface area contributed by atoms with Crippen molar-refractivity contribution in [3.05, 3.63) is 18.2 Å². The van der Waals surface area contributed by atoms with Crippen LogP contribution in [0.4, 0.5) is 11.4 Å². The first kappa shape index (κ1) is 12.2. The van der Waals surface area contributed by atoms with E-state index in [1.807, 2.05) is 0 Å². The number of anilines is 2. The zero-order valence-electron chi connectivity index (χ0n) is 9.92. The molecule has 3 N–H and O–H groups in total. The molecule has 96 valence electrons. The Morgan fingerprint density at radius 1 is 1.61 bits per heavy atom. The van der Waals surface area contributed by atoms with Crippen molar-refractivity contribution in [2.45, 2.75) is 19.4 Å². The highest BCUT2D eigenvalue weighted by Gasteiger charge is 2.35. The summed E-state index contributed by atoms with van der Waals surface area (Å²) < 4.78 is 5.26. The number of nitrogen functional groups attached to an aromatic ring is 1. The number of nitrogens with zero attached hydrogens (tertiary/aromatic N) is 1. The molecule has 6 heteroatoms. The third-order valence-electron chi connectivity index (χ3n) is 2.87. The summed E-state index contributed by atoms with van der Waals surface area (Å²) >= 11 is 0. The van der Waals surface area contributed by atoms with Gasteiger partial charge in [0.25, 0.3) is 5.91 Å². The topological polar surface area (TPSA) is 92.9 Å². The molecular weight excluding hydrogens is 236 g/mol. The second kappa shape index (κ2) is 4.56. The largest absolute Gasteiger partial charge is 0.481 e. The molecule has 0 saturated carbocycles. The number of hydrogen-bond donors (Lipinski definition) is 2. The van der Waals surface area contributed by atoms with Gasteiger partial charge in [0.05, 0.1) is 5.69 Å². The molecule has 2 rings (SSSR count). The van der Waals surface area contributed by atoms with Crippen molar-refractivity contribution < 1.29 is 19.4 Å². The number of rotatable bonds is 3. The molecule has 1 aliphatic heterocycles. The Balaban J connectivity index is 2.54. The first-order chi connectivity index (χ1) is 8.56. The molecule has 18 heavy (non-hydrogen) atoms. The summed E-state index contributed by atoms with van der Waals surface area (Å²) in [5.74, 6) is -1.01. The molecule has 0 fully saturated rings. The van der Waals surface area contributed by atoms with Crippen molar-refractivity contribution >= 4 is 23.3 Å². The van der Waals surface area contributed by atoms with Crippen molar-refractivity contribution in [2.75, 3.05) is 17.2 Å². The molecule has 0 radical (unpaired) electrons. The summed E-state index contributed by atoms with van der Waals surface area (Å²) in [5.41, 5.74) is 6.50. The molecule has 1 aliphatic rings. The summed E-state index contributed by atoms with van der Waals surface area (Å²) in [4.78, 5) is 24.3. The van der Waals surface area contributed by atoms with E-state index in [1.54, 1.807) is 25.1 Å².